The summed E-state index contributed by atoms with van der Waals surface area (Å²) in [4.78, 5) is 0. The van der Waals surface area contributed by atoms with E-state index in [1.54, 1.807) is 0 Å². The molecule has 1 fully saturated rings. The van der Waals surface area contributed by atoms with E-state index in [1.807, 2.05) is 0 Å². The fourth-order valence-corrected chi connectivity index (χ4v) is 2.96. The number of halogens is 4. The highest BCUT2D eigenvalue weighted by Crippen LogP contribution is 2.34. The minimum absolute atomic E-state index is 0.206. The molecule has 0 bridgehead atoms. The van der Waals surface area contributed by atoms with Gasteiger partial charge in [-0.25, -0.2) is 0 Å². The van der Waals surface area contributed by atoms with Gasteiger partial charge in [-0.05, 0) is 30.5 Å². The second-order valence-corrected chi connectivity index (χ2v) is 6.02. The normalized spacial score (nSPS) is 18.0. The highest BCUT2D eigenvalue weighted by molar-refractivity contribution is 6.33. The van der Waals surface area contributed by atoms with E-state index in [9.17, 15) is 18.3 Å². The molecule has 1 aromatic carbocycles. The summed E-state index contributed by atoms with van der Waals surface area (Å²) in [5.41, 5.74) is -0.545. The van der Waals surface area contributed by atoms with Gasteiger partial charge in [0.2, 0.25) is 0 Å². The third-order valence-corrected chi connectivity index (χ3v) is 4.23. The molecule has 6 heteroatoms. The summed E-state index contributed by atoms with van der Waals surface area (Å²) >= 11 is 5.89. The summed E-state index contributed by atoms with van der Waals surface area (Å²) in [7, 11) is 0. The second kappa shape index (κ2) is 6.88. The van der Waals surface area contributed by atoms with Crippen molar-refractivity contribution in [2.45, 2.75) is 44.4 Å². The SMILES string of the molecule is OC(CNc1cc(C(F)(F)F)ccc1Cl)CC1CCCC1. The van der Waals surface area contributed by atoms with Crippen molar-refractivity contribution in [3.8, 4) is 0 Å². The predicted octanol–water partition coefficient (Wildman–Crippen LogP) is 4.71. The van der Waals surface area contributed by atoms with Crippen LogP contribution in [-0.2, 0) is 6.18 Å². The maximum absolute atomic E-state index is 12.6. The lowest BCUT2D eigenvalue weighted by Crippen LogP contribution is -2.22. The molecule has 2 N–H and O–H groups in total. The topological polar surface area (TPSA) is 32.3 Å². The van der Waals surface area contributed by atoms with Crippen LogP contribution in [0.5, 0.6) is 0 Å². The zero-order chi connectivity index (χ0) is 15.5. The average Bonchev–Trinajstić information content (AvgIpc) is 2.89. The molecule has 1 saturated carbocycles. The van der Waals surface area contributed by atoms with Crippen LogP contribution < -0.4 is 5.32 Å². The van der Waals surface area contributed by atoms with Gasteiger partial charge in [0, 0.05) is 6.54 Å². The van der Waals surface area contributed by atoms with Crippen LogP contribution in [-0.4, -0.2) is 17.8 Å². The van der Waals surface area contributed by atoms with E-state index in [-0.39, 0.29) is 17.3 Å². The number of hydrogen-bond donors (Lipinski definition) is 2. The summed E-state index contributed by atoms with van der Waals surface area (Å²) in [6, 6.07) is 3.14. The first-order valence-electron chi connectivity index (χ1n) is 7.15. The maximum atomic E-state index is 12.6. The third kappa shape index (κ3) is 4.78. The van der Waals surface area contributed by atoms with Crippen LogP contribution in [0.15, 0.2) is 18.2 Å². The van der Waals surface area contributed by atoms with Gasteiger partial charge < -0.3 is 10.4 Å². The Balaban J connectivity index is 1.92. The molecule has 1 aliphatic rings. The molecular weight excluding hydrogens is 303 g/mol. The van der Waals surface area contributed by atoms with E-state index >= 15 is 0 Å². The summed E-state index contributed by atoms with van der Waals surface area (Å²) in [6.45, 7) is 0.206. The van der Waals surface area contributed by atoms with Crippen LogP contribution in [0.2, 0.25) is 5.02 Å². The molecule has 1 atom stereocenters. The van der Waals surface area contributed by atoms with E-state index in [4.69, 9.17) is 11.6 Å². The van der Waals surface area contributed by atoms with Gasteiger partial charge in [-0.1, -0.05) is 37.3 Å². The van der Waals surface area contributed by atoms with Crippen molar-refractivity contribution >= 4 is 17.3 Å². The average molecular weight is 322 g/mol. The molecule has 0 aromatic heterocycles. The Labute approximate surface area is 127 Å². The van der Waals surface area contributed by atoms with Crippen LogP contribution in [0, 0.1) is 5.92 Å². The van der Waals surface area contributed by atoms with Crippen LogP contribution in [0.1, 0.15) is 37.7 Å². The maximum Gasteiger partial charge on any atom is 0.416 e. The fraction of sp³-hybridized carbons (Fsp3) is 0.600. The zero-order valence-corrected chi connectivity index (χ0v) is 12.3. The van der Waals surface area contributed by atoms with Crippen LogP contribution in [0.4, 0.5) is 18.9 Å². The lowest BCUT2D eigenvalue weighted by Gasteiger charge is -2.18. The van der Waals surface area contributed by atoms with Gasteiger partial charge in [0.25, 0.3) is 0 Å². The molecule has 0 amide bonds. The number of nitrogens with one attached hydrogen (secondary N) is 1. The van der Waals surface area contributed by atoms with Gasteiger partial charge >= 0.3 is 6.18 Å². The molecule has 1 aromatic rings. The van der Waals surface area contributed by atoms with Crippen molar-refractivity contribution < 1.29 is 18.3 Å². The number of aliphatic hydroxyl groups excluding tert-OH is 1. The molecular formula is C15H19ClF3NO. The van der Waals surface area contributed by atoms with Crippen molar-refractivity contribution in [3.05, 3.63) is 28.8 Å². The minimum Gasteiger partial charge on any atom is -0.391 e. The smallest absolute Gasteiger partial charge is 0.391 e. The Morgan fingerprint density at radius 2 is 1.95 bits per heavy atom. The molecule has 0 aliphatic heterocycles. The van der Waals surface area contributed by atoms with Crippen molar-refractivity contribution in [3.63, 3.8) is 0 Å². The minimum atomic E-state index is -4.40. The molecule has 0 spiro atoms. The van der Waals surface area contributed by atoms with Gasteiger partial charge in [-0.2, -0.15) is 13.2 Å². The monoisotopic (exact) mass is 321 g/mol. The standard InChI is InChI=1S/C15H19ClF3NO/c16-13-6-5-11(15(17,18)19)8-14(13)20-9-12(21)7-10-3-1-2-4-10/h5-6,8,10,12,20-21H,1-4,7,9H2. The highest BCUT2D eigenvalue weighted by Gasteiger charge is 2.31. The van der Waals surface area contributed by atoms with Gasteiger partial charge in [0.15, 0.2) is 0 Å². The quantitative estimate of drug-likeness (QED) is 0.823. The van der Waals surface area contributed by atoms with Crippen LogP contribution in [0.25, 0.3) is 0 Å². The molecule has 0 radical (unpaired) electrons. The number of alkyl halides is 3. The Hall–Kier alpha value is -0.940. The van der Waals surface area contributed by atoms with Crippen molar-refractivity contribution in [2.75, 3.05) is 11.9 Å². The number of aliphatic hydroxyl groups is 1. The van der Waals surface area contributed by atoms with Crippen LogP contribution >= 0.6 is 11.6 Å². The first-order valence-corrected chi connectivity index (χ1v) is 7.52. The van der Waals surface area contributed by atoms with Crippen LogP contribution in [0.3, 0.4) is 0 Å². The Morgan fingerprint density at radius 1 is 1.29 bits per heavy atom. The molecule has 0 heterocycles. The lowest BCUT2D eigenvalue weighted by atomic mass is 10.00. The summed E-state index contributed by atoms with van der Waals surface area (Å²) < 4.78 is 37.9. The highest BCUT2D eigenvalue weighted by atomic mass is 35.5. The largest absolute Gasteiger partial charge is 0.416 e. The first-order chi connectivity index (χ1) is 9.86. The molecule has 2 nitrogen and oxygen atoms in total. The Bertz CT molecular complexity index is 472. The predicted molar refractivity (Wildman–Crippen MR) is 77.5 cm³/mol. The molecule has 2 rings (SSSR count). The number of benzene rings is 1. The van der Waals surface area contributed by atoms with E-state index in [2.05, 4.69) is 5.32 Å². The summed E-state index contributed by atoms with van der Waals surface area (Å²) in [6.07, 6.45) is 0.364. The lowest BCUT2D eigenvalue weighted by molar-refractivity contribution is -0.137. The fourth-order valence-electron chi connectivity index (χ4n) is 2.78. The van der Waals surface area contributed by atoms with Gasteiger partial charge in [-0.3, -0.25) is 0 Å². The van der Waals surface area contributed by atoms with E-state index in [0.29, 0.717) is 12.3 Å². The Kier molecular flexibility index (Phi) is 5.38. The van der Waals surface area contributed by atoms with E-state index < -0.39 is 17.8 Å². The summed E-state index contributed by atoms with van der Waals surface area (Å²) in [5, 5.41) is 13.0. The van der Waals surface area contributed by atoms with Gasteiger partial charge in [0.05, 0.1) is 22.4 Å². The first kappa shape index (κ1) is 16.4. The van der Waals surface area contributed by atoms with E-state index in [1.165, 1.54) is 18.9 Å². The van der Waals surface area contributed by atoms with Crippen molar-refractivity contribution in [1.82, 2.24) is 0 Å². The second-order valence-electron chi connectivity index (χ2n) is 5.61. The zero-order valence-electron chi connectivity index (χ0n) is 11.6. The molecule has 118 valence electrons. The van der Waals surface area contributed by atoms with Gasteiger partial charge in [-0.15, -0.1) is 0 Å². The number of hydrogen-bond acceptors (Lipinski definition) is 2. The molecule has 1 unspecified atom stereocenters. The number of anilines is 1. The van der Waals surface area contributed by atoms with Crippen molar-refractivity contribution in [2.24, 2.45) is 5.92 Å². The number of rotatable bonds is 5. The van der Waals surface area contributed by atoms with Gasteiger partial charge in [0.1, 0.15) is 0 Å². The molecule has 0 saturated heterocycles. The van der Waals surface area contributed by atoms with E-state index in [0.717, 1.165) is 25.0 Å². The molecule has 1 aliphatic carbocycles. The third-order valence-electron chi connectivity index (χ3n) is 3.90. The summed E-state index contributed by atoms with van der Waals surface area (Å²) in [5.74, 6) is 0.527. The van der Waals surface area contributed by atoms with Crippen molar-refractivity contribution in [1.29, 1.82) is 0 Å². The molecule has 21 heavy (non-hydrogen) atoms. The Morgan fingerprint density at radius 3 is 2.57 bits per heavy atom.